The highest BCUT2D eigenvalue weighted by Gasteiger charge is 2.09. The van der Waals surface area contributed by atoms with Gasteiger partial charge in [0.05, 0.1) is 17.8 Å². The van der Waals surface area contributed by atoms with E-state index in [1.54, 1.807) is 25.2 Å². The number of carbonyl (C=O) groups excluding carboxylic acids is 1. The van der Waals surface area contributed by atoms with Crippen LogP contribution in [0.2, 0.25) is 5.02 Å². The molecule has 2 N–H and O–H groups in total. The third kappa shape index (κ3) is 4.81. The molecule has 1 aromatic carbocycles. The maximum Gasteiger partial charge on any atom is 0.225 e. The normalized spacial score (nSPS) is 9.35. The molecule has 96 valence electrons. The summed E-state index contributed by atoms with van der Waals surface area (Å²) >= 11 is 5.93. The van der Waals surface area contributed by atoms with Gasteiger partial charge in [-0.05, 0) is 19.2 Å². The summed E-state index contributed by atoms with van der Waals surface area (Å²) in [6.07, 6.45) is 0.409. The zero-order chi connectivity index (χ0) is 12.0. The second-order valence-corrected chi connectivity index (χ2v) is 3.63. The highest BCUT2D eigenvalue weighted by Crippen LogP contribution is 2.32. The van der Waals surface area contributed by atoms with Crippen LogP contribution >= 0.6 is 24.0 Å². The number of carbonyl (C=O) groups is 1. The van der Waals surface area contributed by atoms with Crippen molar-refractivity contribution in [2.45, 2.75) is 6.42 Å². The number of nitrogens with one attached hydrogen (secondary N) is 2. The molecule has 1 amide bonds. The van der Waals surface area contributed by atoms with Gasteiger partial charge >= 0.3 is 0 Å². The monoisotopic (exact) mass is 278 g/mol. The van der Waals surface area contributed by atoms with Crippen LogP contribution in [0.3, 0.4) is 0 Å². The smallest absolute Gasteiger partial charge is 0.225 e. The first-order chi connectivity index (χ1) is 7.69. The number of ether oxygens (including phenoxy) is 1. The molecule has 0 unspecified atom stereocenters. The molecule has 0 atom stereocenters. The van der Waals surface area contributed by atoms with Crippen LogP contribution in [-0.4, -0.2) is 26.6 Å². The van der Waals surface area contributed by atoms with Crippen molar-refractivity contribution in [2.75, 3.05) is 26.0 Å². The van der Waals surface area contributed by atoms with Crippen LogP contribution in [0.5, 0.6) is 5.75 Å². The van der Waals surface area contributed by atoms with Gasteiger partial charge in [-0.15, -0.1) is 12.4 Å². The van der Waals surface area contributed by atoms with Gasteiger partial charge in [0.2, 0.25) is 5.91 Å². The highest BCUT2D eigenvalue weighted by atomic mass is 35.5. The van der Waals surface area contributed by atoms with Crippen molar-refractivity contribution in [3.05, 3.63) is 23.2 Å². The fourth-order valence-corrected chi connectivity index (χ4v) is 1.52. The molecule has 0 aromatic heterocycles. The number of anilines is 1. The van der Waals surface area contributed by atoms with Crippen LogP contribution in [0.25, 0.3) is 0 Å². The van der Waals surface area contributed by atoms with Crippen molar-refractivity contribution in [2.24, 2.45) is 0 Å². The molecule has 0 radical (unpaired) electrons. The molecule has 17 heavy (non-hydrogen) atoms. The number of amides is 1. The number of methoxy groups -OCH3 is 1. The molecule has 0 aliphatic carbocycles. The van der Waals surface area contributed by atoms with Crippen molar-refractivity contribution >= 4 is 35.6 Å². The first-order valence-corrected chi connectivity index (χ1v) is 5.33. The molecule has 0 saturated heterocycles. The summed E-state index contributed by atoms with van der Waals surface area (Å²) in [7, 11) is 3.32. The quantitative estimate of drug-likeness (QED) is 0.869. The van der Waals surface area contributed by atoms with E-state index >= 15 is 0 Å². The maximum atomic E-state index is 11.5. The van der Waals surface area contributed by atoms with Gasteiger partial charge in [0.1, 0.15) is 0 Å². The van der Waals surface area contributed by atoms with E-state index < -0.39 is 0 Å². The fourth-order valence-electron chi connectivity index (χ4n) is 1.27. The zero-order valence-electron chi connectivity index (χ0n) is 9.75. The number of rotatable bonds is 5. The van der Waals surface area contributed by atoms with Gasteiger partial charge < -0.3 is 15.4 Å². The van der Waals surface area contributed by atoms with E-state index in [2.05, 4.69) is 10.6 Å². The molecule has 0 fully saturated rings. The van der Waals surface area contributed by atoms with Gasteiger partial charge in [-0.1, -0.05) is 17.7 Å². The number of para-hydroxylation sites is 1. The average Bonchev–Trinajstić information content (AvgIpc) is 2.27. The Kier molecular flexibility index (Phi) is 7.70. The summed E-state index contributed by atoms with van der Waals surface area (Å²) < 4.78 is 5.12. The van der Waals surface area contributed by atoms with Gasteiger partial charge in [-0.3, -0.25) is 4.79 Å². The van der Waals surface area contributed by atoms with E-state index in [0.29, 0.717) is 29.4 Å². The fraction of sp³-hybridized carbons (Fsp3) is 0.364. The Balaban J connectivity index is 0.00000256. The van der Waals surface area contributed by atoms with Crippen LogP contribution in [0.1, 0.15) is 6.42 Å². The van der Waals surface area contributed by atoms with E-state index in [1.165, 1.54) is 7.11 Å². The second-order valence-electron chi connectivity index (χ2n) is 3.22. The third-order valence-corrected chi connectivity index (χ3v) is 2.34. The standard InChI is InChI=1S/C11H15ClN2O2.ClH/c1-13-7-6-10(15)14-9-5-3-4-8(12)11(9)16-2;/h3-5,13H,6-7H2,1-2H3,(H,14,15);1H. The Morgan fingerprint density at radius 2 is 2.18 bits per heavy atom. The Labute approximate surface area is 112 Å². The maximum absolute atomic E-state index is 11.5. The van der Waals surface area contributed by atoms with E-state index in [9.17, 15) is 4.79 Å². The van der Waals surface area contributed by atoms with Crippen molar-refractivity contribution < 1.29 is 9.53 Å². The van der Waals surface area contributed by atoms with Gasteiger partial charge in [-0.2, -0.15) is 0 Å². The summed E-state index contributed by atoms with van der Waals surface area (Å²) in [5, 5.41) is 6.14. The van der Waals surface area contributed by atoms with E-state index in [-0.39, 0.29) is 18.3 Å². The average molecular weight is 279 g/mol. The lowest BCUT2D eigenvalue weighted by molar-refractivity contribution is -0.116. The van der Waals surface area contributed by atoms with E-state index in [1.807, 2.05) is 0 Å². The van der Waals surface area contributed by atoms with Crippen LogP contribution in [0.15, 0.2) is 18.2 Å². The highest BCUT2D eigenvalue weighted by molar-refractivity contribution is 6.32. The third-order valence-electron chi connectivity index (χ3n) is 2.05. The van der Waals surface area contributed by atoms with Gasteiger partial charge in [-0.25, -0.2) is 0 Å². The number of benzene rings is 1. The summed E-state index contributed by atoms with van der Waals surface area (Å²) in [4.78, 5) is 11.5. The lowest BCUT2D eigenvalue weighted by Gasteiger charge is -2.11. The van der Waals surface area contributed by atoms with Crippen molar-refractivity contribution in [3.63, 3.8) is 0 Å². The molecule has 1 aromatic rings. The van der Waals surface area contributed by atoms with Crippen molar-refractivity contribution in [1.29, 1.82) is 0 Å². The lowest BCUT2D eigenvalue weighted by atomic mass is 10.2. The minimum atomic E-state index is -0.0742. The topological polar surface area (TPSA) is 50.4 Å². The molecule has 0 saturated carbocycles. The number of hydrogen-bond donors (Lipinski definition) is 2. The largest absolute Gasteiger partial charge is 0.493 e. The first-order valence-electron chi connectivity index (χ1n) is 4.96. The number of halogens is 2. The van der Waals surface area contributed by atoms with Crippen LogP contribution in [0.4, 0.5) is 5.69 Å². The first kappa shape index (κ1) is 16.0. The molecule has 0 heterocycles. The van der Waals surface area contributed by atoms with E-state index in [4.69, 9.17) is 16.3 Å². The zero-order valence-corrected chi connectivity index (χ0v) is 11.3. The van der Waals surface area contributed by atoms with Gasteiger partial charge in [0, 0.05) is 13.0 Å². The molecular formula is C11H16Cl2N2O2. The summed E-state index contributed by atoms with van der Waals surface area (Å²) in [5.74, 6) is 0.414. The van der Waals surface area contributed by atoms with Crippen molar-refractivity contribution in [3.8, 4) is 5.75 Å². The van der Waals surface area contributed by atoms with Crippen LogP contribution in [0, 0.1) is 0 Å². The molecule has 0 spiro atoms. The lowest BCUT2D eigenvalue weighted by Crippen LogP contribution is -2.19. The molecule has 0 aliphatic heterocycles. The van der Waals surface area contributed by atoms with Crippen LogP contribution < -0.4 is 15.4 Å². The summed E-state index contributed by atoms with van der Waals surface area (Å²) in [5.41, 5.74) is 0.594. The minimum absolute atomic E-state index is 0. The van der Waals surface area contributed by atoms with Crippen molar-refractivity contribution in [1.82, 2.24) is 5.32 Å². The molecule has 1 rings (SSSR count). The number of hydrogen-bond acceptors (Lipinski definition) is 3. The molecule has 0 bridgehead atoms. The molecule has 0 aliphatic rings. The Morgan fingerprint density at radius 1 is 1.47 bits per heavy atom. The van der Waals surface area contributed by atoms with Gasteiger partial charge in [0.25, 0.3) is 0 Å². The second kappa shape index (κ2) is 8.17. The Hall–Kier alpha value is -0.970. The Bertz CT molecular complexity index is 372. The minimum Gasteiger partial charge on any atom is -0.493 e. The van der Waals surface area contributed by atoms with Gasteiger partial charge in [0.15, 0.2) is 5.75 Å². The summed E-state index contributed by atoms with van der Waals surface area (Å²) in [6.45, 7) is 0.634. The Morgan fingerprint density at radius 3 is 2.76 bits per heavy atom. The predicted octanol–water partition coefficient (Wildman–Crippen LogP) is 2.32. The van der Waals surface area contributed by atoms with E-state index in [0.717, 1.165) is 0 Å². The SMILES string of the molecule is CNCCC(=O)Nc1cccc(Cl)c1OC.Cl. The molecular weight excluding hydrogens is 263 g/mol. The molecule has 4 nitrogen and oxygen atoms in total. The summed E-state index contributed by atoms with van der Waals surface area (Å²) in [6, 6.07) is 5.23. The van der Waals surface area contributed by atoms with Crippen LogP contribution in [-0.2, 0) is 4.79 Å². The molecule has 6 heteroatoms. The predicted molar refractivity (Wildman–Crippen MR) is 72.4 cm³/mol.